The molecule has 0 radical (unpaired) electrons. The van der Waals surface area contributed by atoms with Crippen molar-refractivity contribution in [2.75, 3.05) is 25.0 Å². The van der Waals surface area contributed by atoms with E-state index in [1.165, 1.54) is 0 Å². The molecule has 2 heterocycles. The molecule has 1 amide bonds. The lowest BCUT2D eigenvalue weighted by molar-refractivity contribution is -0.117. The van der Waals surface area contributed by atoms with Crippen LogP contribution in [0, 0.1) is 0 Å². The van der Waals surface area contributed by atoms with Crippen LogP contribution in [0.3, 0.4) is 0 Å². The van der Waals surface area contributed by atoms with Gasteiger partial charge in [-0.3, -0.25) is 9.69 Å². The summed E-state index contributed by atoms with van der Waals surface area (Å²) >= 11 is 3.29. The molecule has 5 nitrogen and oxygen atoms in total. The maximum absolute atomic E-state index is 11.7. The number of amides is 1. The monoisotopic (exact) mass is 370 g/mol. The minimum Gasteiger partial charge on any atom is -0.326 e. The van der Waals surface area contributed by atoms with Crippen LogP contribution in [0.5, 0.6) is 0 Å². The topological polar surface area (TPSA) is 71.2 Å². The van der Waals surface area contributed by atoms with E-state index >= 15 is 0 Å². The molecule has 1 aliphatic rings. The van der Waals surface area contributed by atoms with Gasteiger partial charge < -0.3 is 11.1 Å². The zero-order valence-electron chi connectivity index (χ0n) is 10.2. The van der Waals surface area contributed by atoms with Gasteiger partial charge in [0, 0.05) is 29.8 Å². The van der Waals surface area contributed by atoms with E-state index in [1.54, 1.807) is 12.3 Å². The maximum atomic E-state index is 11.7. The maximum Gasteiger partial charge on any atom is 0.239 e. The number of aromatic nitrogens is 1. The van der Waals surface area contributed by atoms with E-state index in [0.29, 0.717) is 12.4 Å². The number of likely N-dealkylation sites (tertiary alicyclic amines) is 1. The molecule has 1 saturated heterocycles. The molecule has 1 atom stereocenters. The SMILES string of the molecule is Cl.Cl.N[C@H]1CCN(CC(=O)Nc2ccc(Br)cn2)C1. The summed E-state index contributed by atoms with van der Waals surface area (Å²) in [6.45, 7) is 2.06. The van der Waals surface area contributed by atoms with E-state index in [1.807, 2.05) is 6.07 Å². The minimum atomic E-state index is -0.0473. The third-order valence-electron chi connectivity index (χ3n) is 2.67. The lowest BCUT2D eigenvalue weighted by atomic mass is 10.3. The van der Waals surface area contributed by atoms with Crippen LogP contribution in [0.15, 0.2) is 22.8 Å². The average Bonchev–Trinajstić information content (AvgIpc) is 2.67. The number of hydrogen-bond donors (Lipinski definition) is 2. The van der Waals surface area contributed by atoms with Gasteiger partial charge >= 0.3 is 0 Å². The highest BCUT2D eigenvalue weighted by molar-refractivity contribution is 9.10. The number of pyridine rings is 1. The molecule has 0 bridgehead atoms. The normalized spacial score (nSPS) is 18.3. The van der Waals surface area contributed by atoms with Crippen LogP contribution in [-0.4, -0.2) is 41.5 Å². The van der Waals surface area contributed by atoms with Gasteiger partial charge in [0.2, 0.25) is 5.91 Å². The van der Waals surface area contributed by atoms with Crippen LogP contribution in [0.25, 0.3) is 0 Å². The van der Waals surface area contributed by atoms with Gasteiger partial charge in [0.1, 0.15) is 5.82 Å². The predicted octanol–water partition coefficient (Wildman–Crippen LogP) is 1.66. The molecule has 0 unspecified atom stereocenters. The third kappa shape index (κ3) is 6.05. The van der Waals surface area contributed by atoms with Crippen LogP contribution in [0.1, 0.15) is 6.42 Å². The molecule has 108 valence electrons. The number of nitrogens with zero attached hydrogens (tertiary/aromatic N) is 2. The summed E-state index contributed by atoms with van der Waals surface area (Å²) in [6.07, 6.45) is 2.62. The van der Waals surface area contributed by atoms with Crippen molar-refractivity contribution in [2.45, 2.75) is 12.5 Å². The van der Waals surface area contributed by atoms with Gasteiger partial charge in [-0.2, -0.15) is 0 Å². The van der Waals surface area contributed by atoms with Crippen LogP contribution in [0.4, 0.5) is 5.82 Å². The Balaban J connectivity index is 0.00000162. The van der Waals surface area contributed by atoms with E-state index < -0.39 is 0 Å². The van der Waals surface area contributed by atoms with Crippen molar-refractivity contribution in [1.29, 1.82) is 0 Å². The van der Waals surface area contributed by atoms with Gasteiger partial charge in [0.25, 0.3) is 0 Å². The lowest BCUT2D eigenvalue weighted by Crippen LogP contribution is -2.33. The summed E-state index contributed by atoms with van der Waals surface area (Å²) in [4.78, 5) is 17.9. The second-order valence-electron chi connectivity index (χ2n) is 4.19. The summed E-state index contributed by atoms with van der Waals surface area (Å²) in [5.41, 5.74) is 5.78. The Morgan fingerprint density at radius 3 is 2.79 bits per heavy atom. The number of halogens is 3. The Morgan fingerprint density at radius 2 is 2.26 bits per heavy atom. The van der Waals surface area contributed by atoms with Gasteiger partial charge in [-0.25, -0.2) is 4.98 Å². The first-order chi connectivity index (χ1) is 8.13. The molecule has 2 rings (SSSR count). The molecular formula is C11H17BrCl2N4O. The van der Waals surface area contributed by atoms with Crippen molar-refractivity contribution in [3.05, 3.63) is 22.8 Å². The molecule has 3 N–H and O–H groups in total. The van der Waals surface area contributed by atoms with Crippen LogP contribution in [0.2, 0.25) is 0 Å². The molecule has 0 aromatic carbocycles. The van der Waals surface area contributed by atoms with E-state index in [9.17, 15) is 4.79 Å². The molecule has 0 aliphatic carbocycles. The highest BCUT2D eigenvalue weighted by atomic mass is 79.9. The largest absolute Gasteiger partial charge is 0.326 e. The molecule has 19 heavy (non-hydrogen) atoms. The molecule has 1 aromatic rings. The molecule has 8 heteroatoms. The molecular weight excluding hydrogens is 355 g/mol. The Labute approximate surface area is 133 Å². The Bertz CT molecular complexity index is 404. The second kappa shape index (κ2) is 8.71. The van der Waals surface area contributed by atoms with E-state index in [2.05, 4.69) is 31.1 Å². The van der Waals surface area contributed by atoms with Gasteiger partial charge in [-0.15, -0.1) is 24.8 Å². The van der Waals surface area contributed by atoms with Gasteiger partial charge in [0.05, 0.1) is 6.54 Å². The Kier molecular flexibility index (Phi) is 8.52. The number of carbonyl (C=O) groups is 1. The number of carbonyl (C=O) groups excluding carboxylic acids is 1. The number of nitrogens with one attached hydrogen (secondary N) is 1. The predicted molar refractivity (Wildman–Crippen MR) is 84.1 cm³/mol. The van der Waals surface area contributed by atoms with E-state index in [4.69, 9.17) is 5.73 Å². The van der Waals surface area contributed by atoms with Crippen LogP contribution >= 0.6 is 40.7 Å². The molecule has 0 spiro atoms. The first-order valence-corrected chi connectivity index (χ1v) is 6.32. The van der Waals surface area contributed by atoms with Gasteiger partial charge in [0.15, 0.2) is 0 Å². The Hall–Kier alpha value is -0.400. The second-order valence-corrected chi connectivity index (χ2v) is 5.11. The number of anilines is 1. The minimum absolute atomic E-state index is 0. The molecule has 1 aromatic heterocycles. The van der Waals surface area contributed by atoms with Crippen molar-refractivity contribution < 1.29 is 4.79 Å². The first-order valence-electron chi connectivity index (χ1n) is 5.53. The fourth-order valence-corrected chi connectivity index (χ4v) is 2.08. The fraction of sp³-hybridized carbons (Fsp3) is 0.455. The Morgan fingerprint density at radius 1 is 1.53 bits per heavy atom. The van der Waals surface area contributed by atoms with Crippen LogP contribution < -0.4 is 11.1 Å². The molecule has 0 saturated carbocycles. The quantitative estimate of drug-likeness (QED) is 0.847. The first kappa shape index (κ1) is 18.6. The van der Waals surface area contributed by atoms with Crippen molar-refractivity contribution in [1.82, 2.24) is 9.88 Å². The van der Waals surface area contributed by atoms with E-state index in [-0.39, 0.29) is 36.8 Å². The summed E-state index contributed by atoms with van der Waals surface area (Å²) in [5, 5.41) is 2.76. The lowest BCUT2D eigenvalue weighted by Gasteiger charge is -2.14. The fourth-order valence-electron chi connectivity index (χ4n) is 1.84. The zero-order chi connectivity index (χ0) is 12.3. The highest BCUT2D eigenvalue weighted by Crippen LogP contribution is 2.11. The van der Waals surface area contributed by atoms with E-state index in [0.717, 1.165) is 24.0 Å². The summed E-state index contributed by atoms with van der Waals surface area (Å²) in [5.74, 6) is 0.524. The average molecular weight is 372 g/mol. The summed E-state index contributed by atoms with van der Waals surface area (Å²) < 4.78 is 0.890. The van der Waals surface area contributed by atoms with Crippen molar-refractivity contribution in [2.24, 2.45) is 5.73 Å². The summed E-state index contributed by atoms with van der Waals surface area (Å²) in [7, 11) is 0. The highest BCUT2D eigenvalue weighted by Gasteiger charge is 2.20. The number of rotatable bonds is 3. The standard InChI is InChI=1S/C11H15BrN4O.2ClH/c12-8-1-2-10(14-5-8)15-11(17)7-16-4-3-9(13)6-16;;/h1-2,5,9H,3-4,6-7,13H2,(H,14,15,17);2*1H/t9-;;/m0../s1. The van der Waals surface area contributed by atoms with Crippen molar-refractivity contribution >= 4 is 52.5 Å². The van der Waals surface area contributed by atoms with Crippen LogP contribution in [-0.2, 0) is 4.79 Å². The smallest absolute Gasteiger partial charge is 0.239 e. The number of nitrogens with two attached hydrogens (primary N) is 1. The van der Waals surface area contributed by atoms with Crippen molar-refractivity contribution in [3.63, 3.8) is 0 Å². The van der Waals surface area contributed by atoms with Gasteiger partial charge in [-0.1, -0.05) is 0 Å². The van der Waals surface area contributed by atoms with Crippen molar-refractivity contribution in [3.8, 4) is 0 Å². The van der Waals surface area contributed by atoms with Gasteiger partial charge in [-0.05, 0) is 34.5 Å². The summed E-state index contributed by atoms with van der Waals surface area (Å²) in [6, 6.07) is 3.81. The third-order valence-corrected chi connectivity index (χ3v) is 3.14. The number of hydrogen-bond acceptors (Lipinski definition) is 4. The zero-order valence-corrected chi connectivity index (χ0v) is 13.4. The molecule has 1 aliphatic heterocycles. The molecule has 1 fully saturated rings.